The summed E-state index contributed by atoms with van der Waals surface area (Å²) in [5.74, 6) is -1.12. The number of aromatic nitrogens is 4. The molecule has 0 aromatic carbocycles. The van der Waals surface area contributed by atoms with E-state index in [4.69, 9.17) is 0 Å². The van der Waals surface area contributed by atoms with E-state index in [1.807, 2.05) is 11.4 Å². The number of rotatable bonds is 4. The van der Waals surface area contributed by atoms with E-state index in [1.54, 1.807) is 40.4 Å². The highest BCUT2D eigenvalue weighted by Gasteiger charge is 2.21. The van der Waals surface area contributed by atoms with Gasteiger partial charge in [-0.3, -0.25) is 4.98 Å². The number of halogens is 1. The summed E-state index contributed by atoms with van der Waals surface area (Å²) in [4.78, 5) is 16.6. The van der Waals surface area contributed by atoms with Gasteiger partial charge in [0.05, 0.1) is 12.2 Å². The van der Waals surface area contributed by atoms with E-state index in [9.17, 15) is 9.90 Å². The number of hydrogen-bond donors (Lipinski definition) is 1. The zero-order valence-corrected chi connectivity index (χ0v) is 13.0. The molecule has 6 nitrogen and oxygen atoms in total. The molecule has 0 aliphatic carbocycles. The fourth-order valence-corrected chi connectivity index (χ4v) is 3.34. The first kappa shape index (κ1) is 13.9. The second-order valence-electron chi connectivity index (χ2n) is 4.20. The number of aromatic carboxylic acids is 1. The van der Waals surface area contributed by atoms with Crippen LogP contribution < -0.4 is 0 Å². The summed E-state index contributed by atoms with van der Waals surface area (Å²) >= 11 is 4.96. The van der Waals surface area contributed by atoms with Crippen LogP contribution >= 0.6 is 27.3 Å². The predicted molar refractivity (Wildman–Crippen MR) is 81.3 cm³/mol. The quantitative estimate of drug-likeness (QED) is 0.769. The molecule has 1 N–H and O–H groups in total. The zero-order valence-electron chi connectivity index (χ0n) is 10.6. The van der Waals surface area contributed by atoms with Crippen molar-refractivity contribution in [2.45, 2.75) is 6.54 Å². The molecule has 3 aromatic rings. The standard InChI is InChI=1S/C13H9BrN4O2S/c14-8-5-9(21-7-8)6-18-12(10-3-1-2-4-15-10)11(13(19)20)16-17-18/h1-5,7H,6H2,(H,19,20). The van der Waals surface area contributed by atoms with Crippen LogP contribution in [0.4, 0.5) is 0 Å². The monoisotopic (exact) mass is 364 g/mol. The van der Waals surface area contributed by atoms with Gasteiger partial charge in [0.15, 0.2) is 5.69 Å². The molecule has 3 aromatic heterocycles. The van der Waals surface area contributed by atoms with E-state index in [-0.39, 0.29) is 5.69 Å². The number of nitrogens with zero attached hydrogens (tertiary/aromatic N) is 4. The molecule has 0 fully saturated rings. The predicted octanol–water partition coefficient (Wildman–Crippen LogP) is 2.91. The molecule has 0 aliphatic heterocycles. The fourth-order valence-electron chi connectivity index (χ4n) is 1.91. The normalized spacial score (nSPS) is 10.7. The summed E-state index contributed by atoms with van der Waals surface area (Å²) in [6, 6.07) is 7.28. The summed E-state index contributed by atoms with van der Waals surface area (Å²) in [7, 11) is 0. The SMILES string of the molecule is O=C(O)c1nnn(Cc2cc(Br)cs2)c1-c1ccccn1. The largest absolute Gasteiger partial charge is 0.476 e. The van der Waals surface area contributed by atoms with Crippen molar-refractivity contribution >= 4 is 33.2 Å². The number of carboxylic acids is 1. The van der Waals surface area contributed by atoms with E-state index in [0.717, 1.165) is 9.35 Å². The van der Waals surface area contributed by atoms with Crippen LogP contribution in [0.25, 0.3) is 11.4 Å². The number of pyridine rings is 1. The van der Waals surface area contributed by atoms with Gasteiger partial charge in [-0.15, -0.1) is 16.4 Å². The van der Waals surface area contributed by atoms with E-state index in [1.165, 1.54) is 0 Å². The molecule has 3 rings (SSSR count). The Kier molecular flexibility index (Phi) is 3.80. The smallest absolute Gasteiger partial charge is 0.358 e. The Labute approximate surface area is 132 Å². The van der Waals surface area contributed by atoms with Crippen LogP contribution in [0, 0.1) is 0 Å². The highest BCUT2D eigenvalue weighted by atomic mass is 79.9. The number of carboxylic acid groups (broad SMARTS) is 1. The second kappa shape index (κ2) is 5.74. The van der Waals surface area contributed by atoms with Crippen molar-refractivity contribution in [2.24, 2.45) is 0 Å². The van der Waals surface area contributed by atoms with Crippen LogP contribution in [-0.2, 0) is 6.54 Å². The van der Waals surface area contributed by atoms with E-state index in [2.05, 4.69) is 31.2 Å². The van der Waals surface area contributed by atoms with Crippen molar-refractivity contribution < 1.29 is 9.90 Å². The third-order valence-electron chi connectivity index (χ3n) is 2.77. The van der Waals surface area contributed by atoms with Gasteiger partial charge in [0.2, 0.25) is 0 Å². The average molecular weight is 365 g/mol. The van der Waals surface area contributed by atoms with Gasteiger partial charge in [0, 0.05) is 20.9 Å². The zero-order chi connectivity index (χ0) is 14.8. The maximum absolute atomic E-state index is 11.3. The van der Waals surface area contributed by atoms with Gasteiger partial charge in [-0.25, -0.2) is 9.48 Å². The molecule has 0 spiro atoms. The molecule has 0 radical (unpaired) electrons. The lowest BCUT2D eigenvalue weighted by molar-refractivity contribution is 0.0691. The van der Waals surface area contributed by atoms with Crippen LogP contribution in [0.5, 0.6) is 0 Å². The molecule has 0 amide bonds. The first-order chi connectivity index (χ1) is 10.1. The molecule has 106 valence electrons. The summed E-state index contributed by atoms with van der Waals surface area (Å²) in [5.41, 5.74) is 0.854. The van der Waals surface area contributed by atoms with Crippen LogP contribution in [-0.4, -0.2) is 31.1 Å². The van der Waals surface area contributed by atoms with Gasteiger partial charge >= 0.3 is 5.97 Å². The molecule has 0 unspecified atom stereocenters. The van der Waals surface area contributed by atoms with Crippen molar-refractivity contribution in [3.05, 3.63) is 50.9 Å². The molecule has 21 heavy (non-hydrogen) atoms. The van der Waals surface area contributed by atoms with Gasteiger partial charge in [0.1, 0.15) is 5.69 Å². The first-order valence-corrected chi connectivity index (χ1v) is 7.63. The van der Waals surface area contributed by atoms with Gasteiger partial charge in [-0.1, -0.05) is 11.3 Å². The lowest BCUT2D eigenvalue weighted by atomic mass is 10.2. The van der Waals surface area contributed by atoms with Crippen molar-refractivity contribution in [3.63, 3.8) is 0 Å². The number of hydrogen-bond acceptors (Lipinski definition) is 5. The molecule has 0 aliphatic rings. The number of carbonyl (C=O) groups is 1. The third kappa shape index (κ3) is 2.86. The Morgan fingerprint density at radius 2 is 2.29 bits per heavy atom. The molecular formula is C13H9BrN4O2S. The van der Waals surface area contributed by atoms with Crippen molar-refractivity contribution in [2.75, 3.05) is 0 Å². The maximum atomic E-state index is 11.3. The summed E-state index contributed by atoms with van der Waals surface area (Å²) in [6.45, 7) is 0.447. The minimum atomic E-state index is -1.12. The maximum Gasteiger partial charge on any atom is 0.358 e. The van der Waals surface area contributed by atoms with Crippen molar-refractivity contribution in [1.82, 2.24) is 20.0 Å². The van der Waals surface area contributed by atoms with Gasteiger partial charge < -0.3 is 5.11 Å². The molecule has 8 heteroatoms. The van der Waals surface area contributed by atoms with Crippen molar-refractivity contribution in [3.8, 4) is 11.4 Å². The Morgan fingerprint density at radius 3 is 2.90 bits per heavy atom. The third-order valence-corrected chi connectivity index (χ3v) is 4.45. The Hall–Kier alpha value is -2.06. The van der Waals surface area contributed by atoms with Gasteiger partial charge in [0.25, 0.3) is 0 Å². The highest BCUT2D eigenvalue weighted by Crippen LogP contribution is 2.24. The van der Waals surface area contributed by atoms with Crippen molar-refractivity contribution in [1.29, 1.82) is 0 Å². The Morgan fingerprint density at radius 1 is 1.43 bits per heavy atom. The summed E-state index contributed by atoms with van der Waals surface area (Å²) in [6.07, 6.45) is 1.61. The summed E-state index contributed by atoms with van der Waals surface area (Å²) < 4.78 is 2.55. The second-order valence-corrected chi connectivity index (χ2v) is 6.11. The fraction of sp³-hybridized carbons (Fsp3) is 0.0769. The molecule has 0 bridgehead atoms. The minimum absolute atomic E-state index is 0.0932. The van der Waals surface area contributed by atoms with Crippen LogP contribution in [0.2, 0.25) is 0 Å². The van der Waals surface area contributed by atoms with Crippen LogP contribution in [0.1, 0.15) is 15.4 Å². The number of thiophene rings is 1. The lowest BCUT2D eigenvalue weighted by Gasteiger charge is -2.05. The molecule has 0 saturated carbocycles. The highest BCUT2D eigenvalue weighted by molar-refractivity contribution is 9.10. The molecular weight excluding hydrogens is 356 g/mol. The first-order valence-electron chi connectivity index (χ1n) is 5.96. The molecule has 3 heterocycles. The van der Waals surface area contributed by atoms with E-state index >= 15 is 0 Å². The van der Waals surface area contributed by atoms with Crippen LogP contribution in [0.15, 0.2) is 40.3 Å². The van der Waals surface area contributed by atoms with E-state index in [0.29, 0.717) is 17.9 Å². The minimum Gasteiger partial charge on any atom is -0.476 e. The van der Waals surface area contributed by atoms with Gasteiger partial charge in [-0.05, 0) is 34.1 Å². The summed E-state index contributed by atoms with van der Waals surface area (Å²) in [5, 5.41) is 18.9. The Bertz CT molecular complexity index is 785. The molecule has 0 atom stereocenters. The molecule has 0 saturated heterocycles. The van der Waals surface area contributed by atoms with Gasteiger partial charge in [-0.2, -0.15) is 0 Å². The lowest BCUT2D eigenvalue weighted by Crippen LogP contribution is -2.06. The average Bonchev–Trinajstić information content (AvgIpc) is 3.07. The van der Waals surface area contributed by atoms with Crippen LogP contribution in [0.3, 0.4) is 0 Å². The topological polar surface area (TPSA) is 80.9 Å². The van der Waals surface area contributed by atoms with E-state index < -0.39 is 5.97 Å². The Balaban J connectivity index is 2.07.